The van der Waals surface area contributed by atoms with Gasteiger partial charge in [0.2, 0.25) is 5.91 Å². The number of hydrogen-bond acceptors (Lipinski definition) is 5. The van der Waals surface area contributed by atoms with Crippen LogP contribution in [-0.2, 0) is 4.79 Å². The van der Waals surface area contributed by atoms with Gasteiger partial charge >= 0.3 is 0 Å². The molecule has 20 heavy (non-hydrogen) atoms. The summed E-state index contributed by atoms with van der Waals surface area (Å²) in [6.07, 6.45) is 1.47. The molecule has 1 heterocycles. The molecular formula is C14H18N2O3S. The summed E-state index contributed by atoms with van der Waals surface area (Å²) < 4.78 is 5.53. The zero-order chi connectivity index (χ0) is 14.4. The highest BCUT2D eigenvalue weighted by Gasteiger charge is 2.11. The van der Waals surface area contributed by atoms with Gasteiger partial charge in [-0.05, 0) is 31.9 Å². The molecule has 5 nitrogen and oxygen atoms in total. The number of para-hydroxylation sites is 2. The van der Waals surface area contributed by atoms with Gasteiger partial charge in [0, 0.05) is 12.6 Å². The zero-order valence-corrected chi connectivity index (χ0v) is 12.2. The summed E-state index contributed by atoms with van der Waals surface area (Å²) in [7, 11) is 0. The van der Waals surface area contributed by atoms with Gasteiger partial charge in [-0.15, -0.1) is 0 Å². The molecule has 2 N–H and O–H groups in total. The summed E-state index contributed by atoms with van der Waals surface area (Å²) in [5.41, 5.74) is 1.53. The second-order valence-electron chi connectivity index (χ2n) is 4.57. The molecule has 2 aromatic rings. The molecule has 1 atom stereocenters. The van der Waals surface area contributed by atoms with E-state index in [0.29, 0.717) is 11.6 Å². The first-order chi connectivity index (χ1) is 9.69. The Hall–Kier alpha value is -1.53. The number of rotatable bonds is 7. The van der Waals surface area contributed by atoms with E-state index >= 15 is 0 Å². The van der Waals surface area contributed by atoms with Crippen molar-refractivity contribution in [2.75, 3.05) is 12.4 Å². The molecule has 0 radical (unpaired) electrons. The SMILES string of the molecule is CC(CCCO)NC(=O)CSc1nc2ccccc2o1. The molecule has 1 unspecified atom stereocenters. The fourth-order valence-corrected chi connectivity index (χ4v) is 2.48. The van der Waals surface area contributed by atoms with Crippen LogP contribution in [0.3, 0.4) is 0 Å². The number of hydrogen-bond donors (Lipinski definition) is 2. The second-order valence-corrected chi connectivity index (χ2v) is 5.50. The van der Waals surface area contributed by atoms with Crippen molar-refractivity contribution >= 4 is 28.8 Å². The van der Waals surface area contributed by atoms with Crippen LogP contribution in [0.5, 0.6) is 0 Å². The van der Waals surface area contributed by atoms with E-state index in [1.807, 2.05) is 31.2 Å². The van der Waals surface area contributed by atoms with Crippen LogP contribution in [0, 0.1) is 0 Å². The number of aliphatic hydroxyl groups excluding tert-OH is 1. The number of carbonyl (C=O) groups excluding carboxylic acids is 1. The van der Waals surface area contributed by atoms with Crippen molar-refractivity contribution in [3.63, 3.8) is 0 Å². The fraction of sp³-hybridized carbons (Fsp3) is 0.429. The Bertz CT molecular complexity index is 537. The summed E-state index contributed by atoms with van der Waals surface area (Å²) >= 11 is 1.28. The van der Waals surface area contributed by atoms with Crippen molar-refractivity contribution < 1.29 is 14.3 Å². The Kier molecular flexibility index (Phi) is 5.43. The summed E-state index contributed by atoms with van der Waals surface area (Å²) in [6, 6.07) is 7.58. The van der Waals surface area contributed by atoms with Crippen molar-refractivity contribution in [1.29, 1.82) is 0 Å². The van der Waals surface area contributed by atoms with Gasteiger partial charge in [-0.2, -0.15) is 0 Å². The van der Waals surface area contributed by atoms with Gasteiger partial charge in [-0.25, -0.2) is 4.98 Å². The summed E-state index contributed by atoms with van der Waals surface area (Å²) in [6.45, 7) is 2.08. The quantitative estimate of drug-likeness (QED) is 0.766. The Labute approximate surface area is 121 Å². The van der Waals surface area contributed by atoms with Crippen LogP contribution in [0.2, 0.25) is 0 Å². The molecule has 6 heteroatoms. The van der Waals surface area contributed by atoms with Gasteiger partial charge in [0.05, 0.1) is 5.75 Å². The smallest absolute Gasteiger partial charge is 0.257 e. The van der Waals surface area contributed by atoms with E-state index in [4.69, 9.17) is 9.52 Å². The number of thioether (sulfide) groups is 1. The highest BCUT2D eigenvalue weighted by molar-refractivity contribution is 7.99. The number of nitrogens with one attached hydrogen (secondary N) is 1. The summed E-state index contributed by atoms with van der Waals surface area (Å²) in [5.74, 6) is 0.221. The number of nitrogens with zero attached hydrogens (tertiary/aromatic N) is 1. The normalized spacial score (nSPS) is 12.5. The molecule has 0 fully saturated rings. The fourth-order valence-electron chi connectivity index (χ4n) is 1.83. The monoisotopic (exact) mass is 294 g/mol. The highest BCUT2D eigenvalue weighted by atomic mass is 32.2. The first-order valence-corrected chi connectivity index (χ1v) is 7.56. The third kappa shape index (κ3) is 4.25. The van der Waals surface area contributed by atoms with Crippen molar-refractivity contribution in [3.05, 3.63) is 24.3 Å². The maximum Gasteiger partial charge on any atom is 0.257 e. The third-order valence-corrected chi connectivity index (χ3v) is 3.63. The molecule has 1 aromatic carbocycles. The van der Waals surface area contributed by atoms with Crippen molar-refractivity contribution in [3.8, 4) is 0 Å². The van der Waals surface area contributed by atoms with E-state index in [9.17, 15) is 4.79 Å². The number of carbonyl (C=O) groups is 1. The number of aromatic nitrogens is 1. The summed E-state index contributed by atoms with van der Waals surface area (Å²) in [4.78, 5) is 16.0. The van der Waals surface area contributed by atoms with Gasteiger partial charge in [0.25, 0.3) is 5.22 Å². The molecule has 0 aliphatic rings. The Balaban J connectivity index is 1.81. The number of oxazole rings is 1. The molecule has 0 aliphatic carbocycles. The van der Waals surface area contributed by atoms with E-state index in [-0.39, 0.29) is 24.3 Å². The lowest BCUT2D eigenvalue weighted by Gasteiger charge is -2.12. The minimum absolute atomic E-state index is 0.0531. The number of amides is 1. The van der Waals surface area contributed by atoms with E-state index in [1.54, 1.807) is 0 Å². The molecule has 1 aromatic heterocycles. The van der Waals surface area contributed by atoms with Gasteiger partial charge in [0.15, 0.2) is 5.58 Å². The Morgan fingerprint density at radius 3 is 3.05 bits per heavy atom. The molecule has 108 valence electrons. The predicted molar refractivity (Wildman–Crippen MR) is 78.7 cm³/mol. The molecule has 0 bridgehead atoms. The molecule has 0 aliphatic heterocycles. The maximum absolute atomic E-state index is 11.7. The van der Waals surface area contributed by atoms with E-state index in [1.165, 1.54) is 11.8 Å². The lowest BCUT2D eigenvalue weighted by Crippen LogP contribution is -2.33. The third-order valence-electron chi connectivity index (χ3n) is 2.80. The molecule has 0 saturated heterocycles. The van der Waals surface area contributed by atoms with Gasteiger partial charge in [-0.1, -0.05) is 23.9 Å². The predicted octanol–water partition coefficient (Wildman–Crippen LogP) is 2.20. The van der Waals surface area contributed by atoms with Crippen LogP contribution in [0.15, 0.2) is 33.9 Å². The highest BCUT2D eigenvalue weighted by Crippen LogP contribution is 2.22. The van der Waals surface area contributed by atoms with Crippen LogP contribution >= 0.6 is 11.8 Å². The van der Waals surface area contributed by atoms with Crippen molar-refractivity contribution in [1.82, 2.24) is 10.3 Å². The topological polar surface area (TPSA) is 75.4 Å². The average molecular weight is 294 g/mol. The molecular weight excluding hydrogens is 276 g/mol. The van der Waals surface area contributed by atoms with Crippen LogP contribution in [0.4, 0.5) is 0 Å². The number of fused-ring (bicyclic) bond motifs is 1. The Morgan fingerprint density at radius 1 is 1.50 bits per heavy atom. The van der Waals surface area contributed by atoms with E-state index in [2.05, 4.69) is 10.3 Å². The first-order valence-electron chi connectivity index (χ1n) is 6.57. The van der Waals surface area contributed by atoms with Crippen LogP contribution in [0.1, 0.15) is 19.8 Å². The van der Waals surface area contributed by atoms with Gasteiger partial charge in [-0.3, -0.25) is 4.79 Å². The van der Waals surface area contributed by atoms with E-state index in [0.717, 1.165) is 17.5 Å². The molecule has 0 saturated carbocycles. The van der Waals surface area contributed by atoms with Crippen LogP contribution in [0.25, 0.3) is 11.1 Å². The van der Waals surface area contributed by atoms with Crippen molar-refractivity contribution in [2.45, 2.75) is 31.0 Å². The van der Waals surface area contributed by atoms with Crippen LogP contribution < -0.4 is 5.32 Å². The Morgan fingerprint density at radius 2 is 2.30 bits per heavy atom. The van der Waals surface area contributed by atoms with Gasteiger partial charge < -0.3 is 14.8 Å². The van der Waals surface area contributed by atoms with Gasteiger partial charge in [0.1, 0.15) is 5.52 Å². The maximum atomic E-state index is 11.7. The molecule has 2 rings (SSSR count). The number of benzene rings is 1. The van der Waals surface area contributed by atoms with Crippen molar-refractivity contribution in [2.24, 2.45) is 0 Å². The average Bonchev–Trinajstić information content (AvgIpc) is 2.85. The lowest BCUT2D eigenvalue weighted by atomic mass is 10.2. The van der Waals surface area contributed by atoms with E-state index < -0.39 is 0 Å². The zero-order valence-electron chi connectivity index (χ0n) is 11.3. The molecule has 0 spiro atoms. The largest absolute Gasteiger partial charge is 0.431 e. The second kappa shape index (κ2) is 7.31. The molecule has 1 amide bonds. The summed E-state index contributed by atoms with van der Waals surface area (Å²) in [5, 5.41) is 12.1. The first kappa shape index (κ1) is 14.9. The lowest BCUT2D eigenvalue weighted by molar-refractivity contribution is -0.119. The van der Waals surface area contributed by atoms with Crippen LogP contribution in [-0.4, -0.2) is 34.4 Å². The number of aliphatic hydroxyl groups is 1. The standard InChI is InChI=1S/C14H18N2O3S/c1-10(5-4-8-17)15-13(18)9-20-14-16-11-6-2-3-7-12(11)19-14/h2-3,6-7,10,17H,4-5,8-9H2,1H3,(H,15,18). The minimum Gasteiger partial charge on any atom is -0.431 e. The minimum atomic E-state index is -0.0531.